The molecule has 0 bridgehead atoms. The molecule has 4 nitrogen and oxygen atoms in total. The summed E-state index contributed by atoms with van der Waals surface area (Å²) in [6.07, 6.45) is 1.33. The molecule has 0 radical (unpaired) electrons. The maximum absolute atomic E-state index is 13.5. The average molecular weight is 277 g/mol. The lowest BCUT2D eigenvalue weighted by Crippen LogP contribution is -2.15. The number of aryl methyl sites for hydroxylation is 1. The van der Waals surface area contributed by atoms with E-state index in [1.54, 1.807) is 13.0 Å². The van der Waals surface area contributed by atoms with E-state index < -0.39 is 17.5 Å². The van der Waals surface area contributed by atoms with Crippen LogP contribution in [0.1, 0.15) is 21.6 Å². The summed E-state index contributed by atoms with van der Waals surface area (Å²) in [7, 11) is 0. The molecule has 1 heterocycles. The molecule has 0 fully saturated rings. The number of nitrogens with zero attached hydrogens (tertiary/aromatic N) is 1. The molecule has 20 heavy (non-hydrogen) atoms. The molecule has 2 aromatic rings. The Morgan fingerprint density at radius 3 is 2.60 bits per heavy atom. The highest BCUT2D eigenvalue weighted by Gasteiger charge is 2.12. The van der Waals surface area contributed by atoms with Gasteiger partial charge in [-0.15, -0.1) is 0 Å². The summed E-state index contributed by atoms with van der Waals surface area (Å²) in [6.45, 7) is 1.64. The molecule has 0 saturated carbocycles. The summed E-state index contributed by atoms with van der Waals surface area (Å²) >= 11 is 0. The van der Waals surface area contributed by atoms with E-state index in [9.17, 15) is 13.6 Å². The first-order chi connectivity index (χ1) is 9.49. The standard InChI is InChI=1S/C14H13F2N3O/c1-8-5-13(10(7-18-8)14(17)20)19-6-9-11(15)3-2-4-12(9)16/h2-5,7H,6H2,1H3,(H2,17,20)(H,18,19). The van der Waals surface area contributed by atoms with E-state index >= 15 is 0 Å². The third-order valence-electron chi connectivity index (χ3n) is 2.82. The van der Waals surface area contributed by atoms with Crippen molar-refractivity contribution < 1.29 is 13.6 Å². The number of aromatic nitrogens is 1. The van der Waals surface area contributed by atoms with E-state index in [1.807, 2.05) is 0 Å². The first kappa shape index (κ1) is 13.9. The Kier molecular flexibility index (Phi) is 3.93. The van der Waals surface area contributed by atoms with Crippen LogP contribution in [0, 0.1) is 18.6 Å². The van der Waals surface area contributed by atoms with E-state index in [-0.39, 0.29) is 17.7 Å². The lowest BCUT2D eigenvalue weighted by atomic mass is 10.1. The Morgan fingerprint density at radius 1 is 1.35 bits per heavy atom. The van der Waals surface area contributed by atoms with E-state index in [4.69, 9.17) is 5.73 Å². The van der Waals surface area contributed by atoms with Crippen LogP contribution >= 0.6 is 0 Å². The normalized spacial score (nSPS) is 10.3. The molecular formula is C14H13F2N3O. The minimum Gasteiger partial charge on any atom is -0.380 e. The number of halogens is 2. The first-order valence-electron chi connectivity index (χ1n) is 5.92. The van der Waals surface area contributed by atoms with Crippen molar-refractivity contribution in [2.75, 3.05) is 5.32 Å². The fraction of sp³-hybridized carbons (Fsp3) is 0.143. The summed E-state index contributed by atoms with van der Waals surface area (Å²) < 4.78 is 27.0. The number of hydrogen-bond acceptors (Lipinski definition) is 3. The van der Waals surface area contributed by atoms with Gasteiger partial charge in [0.15, 0.2) is 0 Å². The number of benzene rings is 1. The Hall–Kier alpha value is -2.50. The molecule has 3 N–H and O–H groups in total. The number of nitrogens with two attached hydrogens (primary N) is 1. The fourth-order valence-electron chi connectivity index (χ4n) is 1.79. The highest BCUT2D eigenvalue weighted by atomic mass is 19.1. The number of anilines is 1. The van der Waals surface area contributed by atoms with Gasteiger partial charge in [0.25, 0.3) is 5.91 Å². The van der Waals surface area contributed by atoms with Crippen molar-refractivity contribution in [3.63, 3.8) is 0 Å². The summed E-state index contributed by atoms with van der Waals surface area (Å²) in [5, 5.41) is 2.81. The number of amides is 1. The van der Waals surface area contributed by atoms with Crippen molar-refractivity contribution in [1.82, 2.24) is 4.98 Å². The molecule has 0 saturated heterocycles. The van der Waals surface area contributed by atoms with Gasteiger partial charge in [0.05, 0.1) is 11.3 Å². The van der Waals surface area contributed by atoms with Gasteiger partial charge in [-0.05, 0) is 25.1 Å². The molecular weight excluding hydrogens is 264 g/mol. The molecule has 0 aliphatic heterocycles. The van der Waals surface area contributed by atoms with E-state index in [0.29, 0.717) is 11.4 Å². The predicted molar refractivity (Wildman–Crippen MR) is 71.2 cm³/mol. The largest absolute Gasteiger partial charge is 0.380 e. The topological polar surface area (TPSA) is 68.0 Å². The Balaban J connectivity index is 2.27. The number of nitrogens with one attached hydrogen (secondary N) is 1. The van der Waals surface area contributed by atoms with Crippen molar-refractivity contribution in [3.05, 3.63) is 58.9 Å². The minimum atomic E-state index is -0.658. The maximum atomic E-state index is 13.5. The van der Waals surface area contributed by atoms with Gasteiger partial charge in [-0.25, -0.2) is 8.78 Å². The number of primary amides is 1. The SMILES string of the molecule is Cc1cc(NCc2c(F)cccc2F)c(C(N)=O)cn1. The second kappa shape index (κ2) is 5.64. The van der Waals surface area contributed by atoms with Gasteiger partial charge >= 0.3 is 0 Å². The quantitative estimate of drug-likeness (QED) is 0.901. The van der Waals surface area contributed by atoms with Crippen LogP contribution in [0.15, 0.2) is 30.5 Å². The summed E-state index contributed by atoms with van der Waals surface area (Å²) in [5.74, 6) is -1.96. The van der Waals surface area contributed by atoms with Crippen molar-refractivity contribution in [1.29, 1.82) is 0 Å². The van der Waals surface area contributed by atoms with E-state index in [2.05, 4.69) is 10.3 Å². The summed E-state index contributed by atoms with van der Waals surface area (Å²) in [4.78, 5) is 15.2. The molecule has 0 unspecified atom stereocenters. The van der Waals surface area contributed by atoms with Crippen molar-refractivity contribution in [3.8, 4) is 0 Å². The fourth-order valence-corrected chi connectivity index (χ4v) is 1.79. The number of carbonyl (C=O) groups is 1. The Bertz CT molecular complexity index is 639. The molecule has 1 aromatic heterocycles. The number of pyridine rings is 1. The summed E-state index contributed by atoms with van der Waals surface area (Å²) in [5.41, 5.74) is 6.35. The number of rotatable bonds is 4. The molecule has 6 heteroatoms. The summed E-state index contributed by atoms with van der Waals surface area (Å²) in [6, 6.07) is 5.23. The zero-order valence-electron chi connectivity index (χ0n) is 10.8. The van der Waals surface area contributed by atoms with E-state index in [0.717, 1.165) is 0 Å². The lowest BCUT2D eigenvalue weighted by Gasteiger charge is -2.11. The van der Waals surface area contributed by atoms with Gasteiger partial charge in [0.2, 0.25) is 0 Å². The van der Waals surface area contributed by atoms with Gasteiger partial charge in [-0.1, -0.05) is 6.07 Å². The van der Waals surface area contributed by atoms with Crippen molar-refractivity contribution >= 4 is 11.6 Å². The van der Waals surface area contributed by atoms with Gasteiger partial charge in [0.1, 0.15) is 11.6 Å². The van der Waals surface area contributed by atoms with Gasteiger partial charge in [0, 0.05) is 24.0 Å². The monoisotopic (exact) mass is 277 g/mol. The predicted octanol–water partition coefficient (Wildman–Crippen LogP) is 2.38. The Morgan fingerprint density at radius 2 is 2.00 bits per heavy atom. The van der Waals surface area contributed by atoms with Crippen LogP contribution < -0.4 is 11.1 Å². The van der Waals surface area contributed by atoms with Crippen LogP contribution in [0.2, 0.25) is 0 Å². The second-order valence-corrected chi connectivity index (χ2v) is 4.29. The minimum absolute atomic E-state index is 0.0950. The lowest BCUT2D eigenvalue weighted by molar-refractivity contribution is 0.100. The molecule has 1 aromatic carbocycles. The van der Waals surface area contributed by atoms with Crippen molar-refractivity contribution in [2.24, 2.45) is 5.73 Å². The highest BCUT2D eigenvalue weighted by molar-refractivity contribution is 5.98. The van der Waals surface area contributed by atoms with Crippen LogP contribution in [0.25, 0.3) is 0 Å². The van der Waals surface area contributed by atoms with E-state index in [1.165, 1.54) is 24.4 Å². The molecule has 0 aliphatic carbocycles. The molecule has 0 spiro atoms. The maximum Gasteiger partial charge on any atom is 0.252 e. The smallest absolute Gasteiger partial charge is 0.252 e. The Labute approximate surface area is 114 Å². The van der Waals surface area contributed by atoms with Crippen LogP contribution in [0.3, 0.4) is 0 Å². The highest BCUT2D eigenvalue weighted by Crippen LogP contribution is 2.18. The van der Waals surface area contributed by atoms with Crippen LogP contribution in [-0.2, 0) is 6.54 Å². The van der Waals surface area contributed by atoms with Gasteiger partial charge in [-0.3, -0.25) is 9.78 Å². The molecule has 2 rings (SSSR count). The van der Waals surface area contributed by atoms with Crippen LogP contribution in [-0.4, -0.2) is 10.9 Å². The molecule has 104 valence electrons. The van der Waals surface area contributed by atoms with Gasteiger partial charge in [-0.2, -0.15) is 0 Å². The third-order valence-corrected chi connectivity index (χ3v) is 2.82. The zero-order chi connectivity index (χ0) is 14.7. The average Bonchev–Trinajstić information content (AvgIpc) is 2.37. The van der Waals surface area contributed by atoms with Crippen molar-refractivity contribution in [2.45, 2.75) is 13.5 Å². The molecule has 0 atom stereocenters. The molecule has 1 amide bonds. The molecule has 0 aliphatic rings. The van der Waals surface area contributed by atoms with Crippen LogP contribution in [0.5, 0.6) is 0 Å². The van der Waals surface area contributed by atoms with Gasteiger partial charge < -0.3 is 11.1 Å². The van der Waals surface area contributed by atoms with Crippen LogP contribution in [0.4, 0.5) is 14.5 Å². The number of hydrogen-bond donors (Lipinski definition) is 2. The number of carbonyl (C=O) groups excluding carboxylic acids is 1. The zero-order valence-corrected chi connectivity index (χ0v) is 10.8. The second-order valence-electron chi connectivity index (χ2n) is 4.29. The first-order valence-corrected chi connectivity index (χ1v) is 5.92. The third kappa shape index (κ3) is 2.90.